The molecule has 1 aromatic heterocycles. The number of aliphatic imine (C=N–C) groups is 1. The van der Waals surface area contributed by atoms with Gasteiger partial charge < -0.3 is 9.29 Å². The van der Waals surface area contributed by atoms with Gasteiger partial charge in [0, 0.05) is 17.8 Å². The zero-order valence-electron chi connectivity index (χ0n) is 16.8. The summed E-state index contributed by atoms with van der Waals surface area (Å²) in [4.78, 5) is 8.94. The molecular formula is C21H12F3N4O4S2-. The molecule has 4 rings (SSSR count). The van der Waals surface area contributed by atoms with Crippen LogP contribution in [0.25, 0.3) is 0 Å². The first-order valence-electron chi connectivity index (χ1n) is 9.35. The largest absolute Gasteiger partial charge is 0.744 e. The predicted molar refractivity (Wildman–Crippen MR) is 116 cm³/mol. The number of nitrogens with zero attached hydrogens (tertiary/aromatic N) is 4. The molecule has 174 valence electrons. The number of allylic oxidation sites excluding steroid dienone is 1. The minimum atomic E-state index is -4.75. The van der Waals surface area contributed by atoms with E-state index in [0.717, 1.165) is 18.2 Å². The van der Waals surface area contributed by atoms with Crippen molar-refractivity contribution in [2.75, 3.05) is 4.90 Å². The van der Waals surface area contributed by atoms with Crippen molar-refractivity contribution in [1.29, 1.82) is 5.26 Å². The molecule has 0 fully saturated rings. The Morgan fingerprint density at radius 1 is 1.18 bits per heavy atom. The van der Waals surface area contributed by atoms with E-state index in [0.29, 0.717) is 10.7 Å². The van der Waals surface area contributed by atoms with Gasteiger partial charge in [0.05, 0.1) is 10.5 Å². The topological polar surface area (TPSA) is 119 Å². The van der Waals surface area contributed by atoms with Gasteiger partial charge >= 0.3 is 6.18 Å². The fourth-order valence-electron chi connectivity index (χ4n) is 3.06. The fraction of sp³-hybridized carbons (Fsp3) is 0.0952. The van der Waals surface area contributed by atoms with E-state index in [2.05, 4.69) is 9.98 Å². The highest BCUT2D eigenvalue weighted by atomic mass is 32.2. The monoisotopic (exact) mass is 505 g/mol. The summed E-state index contributed by atoms with van der Waals surface area (Å²) in [5, 5.41) is 11.4. The molecule has 0 radical (unpaired) electrons. The van der Waals surface area contributed by atoms with E-state index in [-0.39, 0.29) is 17.1 Å². The lowest BCUT2D eigenvalue weighted by Crippen LogP contribution is -2.31. The van der Waals surface area contributed by atoms with Gasteiger partial charge in [-0.3, -0.25) is 9.89 Å². The Morgan fingerprint density at radius 3 is 2.50 bits per heavy atom. The van der Waals surface area contributed by atoms with Gasteiger partial charge in [0.15, 0.2) is 11.3 Å². The summed E-state index contributed by atoms with van der Waals surface area (Å²) in [6.45, 7) is 0. The molecule has 13 heteroatoms. The van der Waals surface area contributed by atoms with Crippen molar-refractivity contribution in [3.05, 3.63) is 77.4 Å². The number of benzene rings is 2. The SMILES string of the molecule is N#Cc1cc(S(=O)(=O)[O-])ccc1Oc1ccc(C2N=C(C(F)(F)F)C=CN2c2nccs2)cc1. The fourth-order valence-corrected chi connectivity index (χ4v) is 4.20. The molecule has 0 saturated heterocycles. The summed E-state index contributed by atoms with van der Waals surface area (Å²) in [5.41, 5.74) is -0.785. The van der Waals surface area contributed by atoms with Crippen LogP contribution in [0.5, 0.6) is 11.5 Å². The number of ether oxygens (including phenoxy) is 1. The van der Waals surface area contributed by atoms with Crippen LogP contribution in [-0.2, 0) is 10.1 Å². The number of rotatable bonds is 5. The van der Waals surface area contributed by atoms with Gasteiger partial charge in [-0.1, -0.05) is 12.1 Å². The third-order valence-electron chi connectivity index (χ3n) is 4.61. The van der Waals surface area contributed by atoms with E-state index >= 15 is 0 Å². The molecule has 0 bridgehead atoms. The standard InChI is InChI=1S/C21H13F3N4O4S2/c22-21(23,24)18-7-9-28(20-26-8-10-33-20)19(27-18)13-1-3-15(4-2-13)32-17-6-5-16(34(29,30)31)11-14(17)12-25/h1-11,19H,(H,29,30,31)/p-1. The molecule has 8 nitrogen and oxygen atoms in total. The molecule has 34 heavy (non-hydrogen) atoms. The Labute approximate surface area is 195 Å². The highest BCUT2D eigenvalue weighted by molar-refractivity contribution is 7.85. The third kappa shape index (κ3) is 4.93. The van der Waals surface area contributed by atoms with Crippen LogP contribution in [0.3, 0.4) is 0 Å². The average molecular weight is 505 g/mol. The number of anilines is 1. The van der Waals surface area contributed by atoms with Crippen molar-refractivity contribution < 1.29 is 30.9 Å². The Kier molecular flexibility index (Phi) is 6.13. The van der Waals surface area contributed by atoms with E-state index in [4.69, 9.17) is 4.74 Å². The van der Waals surface area contributed by atoms with E-state index < -0.39 is 33.1 Å². The van der Waals surface area contributed by atoms with Crippen molar-refractivity contribution in [2.45, 2.75) is 17.2 Å². The number of halogens is 3. The number of hydrogen-bond donors (Lipinski definition) is 0. The maximum Gasteiger partial charge on any atom is 0.433 e. The highest BCUT2D eigenvalue weighted by Crippen LogP contribution is 2.36. The third-order valence-corrected chi connectivity index (χ3v) is 6.23. The number of alkyl halides is 3. The van der Waals surface area contributed by atoms with Gasteiger partial charge in [-0.25, -0.2) is 13.4 Å². The Bertz CT molecular complexity index is 1410. The molecule has 1 aliphatic heterocycles. The lowest BCUT2D eigenvalue weighted by atomic mass is 10.1. The molecule has 0 amide bonds. The molecule has 0 spiro atoms. The first-order valence-corrected chi connectivity index (χ1v) is 11.6. The van der Waals surface area contributed by atoms with Crippen molar-refractivity contribution in [3.8, 4) is 17.6 Å². The molecule has 0 saturated carbocycles. The molecular weight excluding hydrogens is 493 g/mol. The molecule has 1 atom stereocenters. The van der Waals surface area contributed by atoms with Gasteiger partial charge in [-0.05, 0) is 42.0 Å². The normalized spacial score (nSPS) is 16.1. The maximum atomic E-state index is 13.3. The number of aromatic nitrogens is 1. The first-order chi connectivity index (χ1) is 16.1. The molecule has 0 aliphatic carbocycles. The summed E-state index contributed by atoms with van der Waals surface area (Å²) in [5.74, 6) is 0.232. The average Bonchev–Trinajstić information content (AvgIpc) is 3.33. The van der Waals surface area contributed by atoms with Gasteiger partial charge in [-0.2, -0.15) is 18.4 Å². The van der Waals surface area contributed by atoms with E-state index in [9.17, 15) is 31.4 Å². The quantitative estimate of drug-likeness (QED) is 0.459. The van der Waals surface area contributed by atoms with Gasteiger partial charge in [-0.15, -0.1) is 11.3 Å². The Morgan fingerprint density at radius 2 is 1.91 bits per heavy atom. The van der Waals surface area contributed by atoms with Crippen molar-refractivity contribution in [2.24, 2.45) is 4.99 Å². The van der Waals surface area contributed by atoms with Crippen LogP contribution >= 0.6 is 11.3 Å². The van der Waals surface area contributed by atoms with Crippen LogP contribution < -0.4 is 9.64 Å². The molecule has 0 N–H and O–H groups in total. The lowest BCUT2D eigenvalue weighted by Gasteiger charge is -2.29. The predicted octanol–water partition coefficient (Wildman–Crippen LogP) is 4.75. The zero-order chi connectivity index (χ0) is 24.5. The molecule has 3 aromatic rings. The second-order valence-corrected chi connectivity index (χ2v) is 9.07. The van der Waals surface area contributed by atoms with Crippen molar-refractivity contribution in [3.63, 3.8) is 0 Å². The molecule has 1 aliphatic rings. The van der Waals surface area contributed by atoms with Gasteiger partial charge in [0.2, 0.25) is 0 Å². The summed E-state index contributed by atoms with van der Waals surface area (Å²) < 4.78 is 78.9. The Hall–Kier alpha value is -3.73. The zero-order valence-corrected chi connectivity index (χ0v) is 18.4. The lowest BCUT2D eigenvalue weighted by molar-refractivity contribution is -0.0582. The van der Waals surface area contributed by atoms with E-state index in [1.165, 1.54) is 59.0 Å². The van der Waals surface area contributed by atoms with Crippen LogP contribution in [0.1, 0.15) is 17.3 Å². The molecule has 2 aromatic carbocycles. The smallest absolute Gasteiger partial charge is 0.433 e. The van der Waals surface area contributed by atoms with Crippen LogP contribution in [-0.4, -0.2) is 29.8 Å². The minimum absolute atomic E-state index is 0.00467. The van der Waals surface area contributed by atoms with Crippen LogP contribution in [0, 0.1) is 11.3 Å². The second-order valence-electron chi connectivity index (χ2n) is 6.82. The summed E-state index contributed by atoms with van der Waals surface area (Å²) in [7, 11) is -4.75. The summed E-state index contributed by atoms with van der Waals surface area (Å²) in [6, 6.07) is 10.8. The Balaban J connectivity index is 1.63. The van der Waals surface area contributed by atoms with Crippen molar-refractivity contribution in [1.82, 2.24) is 4.98 Å². The van der Waals surface area contributed by atoms with E-state index in [1.54, 1.807) is 11.4 Å². The summed E-state index contributed by atoms with van der Waals surface area (Å²) >= 11 is 1.24. The maximum absolute atomic E-state index is 13.3. The molecule has 1 unspecified atom stereocenters. The molecule has 2 heterocycles. The highest BCUT2D eigenvalue weighted by Gasteiger charge is 2.37. The first kappa shape index (κ1) is 23.4. The van der Waals surface area contributed by atoms with Crippen LogP contribution in [0.15, 0.2) is 76.2 Å². The number of nitriles is 1. The minimum Gasteiger partial charge on any atom is -0.744 e. The van der Waals surface area contributed by atoms with Gasteiger partial charge in [0.1, 0.15) is 33.4 Å². The van der Waals surface area contributed by atoms with Crippen LogP contribution in [0.4, 0.5) is 18.3 Å². The van der Waals surface area contributed by atoms with Crippen molar-refractivity contribution >= 4 is 32.3 Å². The summed E-state index contributed by atoms with van der Waals surface area (Å²) in [6.07, 6.45) is -1.97. The second kappa shape index (κ2) is 8.90. The van der Waals surface area contributed by atoms with Crippen LogP contribution in [0.2, 0.25) is 0 Å². The number of thiazole rings is 1. The van der Waals surface area contributed by atoms with Gasteiger partial charge in [0.25, 0.3) is 0 Å². The van der Waals surface area contributed by atoms with E-state index in [1.807, 2.05) is 0 Å². The number of hydrogen-bond acceptors (Lipinski definition) is 9.